The number of carbonyl (C=O) groups excluding carboxylic acids is 1. The number of fused-ring (bicyclic) bond motifs is 1. The lowest BCUT2D eigenvalue weighted by Crippen LogP contribution is -2.50. The third kappa shape index (κ3) is 4.67. The maximum atomic E-state index is 12.4. The van der Waals surface area contributed by atoms with Gasteiger partial charge in [-0.15, -0.1) is 0 Å². The lowest BCUT2D eigenvalue weighted by Gasteiger charge is -2.35. The first-order chi connectivity index (χ1) is 13.3. The van der Waals surface area contributed by atoms with Crippen molar-refractivity contribution >= 4 is 16.7 Å². The summed E-state index contributed by atoms with van der Waals surface area (Å²) in [6, 6.07) is 15.1. The molecule has 0 aromatic heterocycles. The van der Waals surface area contributed by atoms with Crippen molar-refractivity contribution in [2.24, 2.45) is 0 Å². The van der Waals surface area contributed by atoms with Crippen molar-refractivity contribution < 1.29 is 9.53 Å². The lowest BCUT2D eigenvalue weighted by molar-refractivity contribution is -0.132. The highest BCUT2D eigenvalue weighted by Gasteiger charge is 2.22. The van der Waals surface area contributed by atoms with Crippen LogP contribution < -0.4 is 5.32 Å². The van der Waals surface area contributed by atoms with Gasteiger partial charge >= 0.3 is 0 Å². The van der Waals surface area contributed by atoms with Crippen LogP contribution in [0.4, 0.5) is 0 Å². The molecule has 1 amide bonds. The summed E-state index contributed by atoms with van der Waals surface area (Å²) < 4.78 is 5.59. The smallest absolute Gasteiger partial charge is 0.236 e. The normalized spacial score (nSPS) is 21.0. The molecule has 0 saturated carbocycles. The minimum atomic E-state index is 0.206. The fourth-order valence-corrected chi connectivity index (χ4v) is 4.08. The zero-order valence-corrected chi connectivity index (χ0v) is 15.9. The largest absolute Gasteiger partial charge is 0.377 e. The number of hydrogen-bond acceptors (Lipinski definition) is 4. The molecule has 2 heterocycles. The number of nitrogens with one attached hydrogen (secondary N) is 1. The Morgan fingerprint density at radius 2 is 1.89 bits per heavy atom. The van der Waals surface area contributed by atoms with Crippen LogP contribution in [0.5, 0.6) is 0 Å². The average Bonchev–Trinajstić information content (AvgIpc) is 3.22. The van der Waals surface area contributed by atoms with E-state index in [2.05, 4.69) is 52.7 Å². The zero-order valence-electron chi connectivity index (χ0n) is 15.9. The van der Waals surface area contributed by atoms with Crippen LogP contribution in [0.3, 0.4) is 0 Å². The molecule has 1 atom stereocenters. The second-order valence-electron chi connectivity index (χ2n) is 7.56. The molecule has 1 unspecified atom stereocenters. The summed E-state index contributed by atoms with van der Waals surface area (Å²) in [5.74, 6) is 0.206. The van der Waals surface area contributed by atoms with Crippen molar-refractivity contribution in [1.82, 2.24) is 15.1 Å². The minimum Gasteiger partial charge on any atom is -0.377 e. The third-order valence-electron chi connectivity index (χ3n) is 5.67. The Labute approximate surface area is 161 Å². The molecule has 2 aliphatic heterocycles. The van der Waals surface area contributed by atoms with Crippen LogP contribution in [0.25, 0.3) is 10.8 Å². The van der Waals surface area contributed by atoms with Gasteiger partial charge in [0.15, 0.2) is 0 Å². The van der Waals surface area contributed by atoms with E-state index in [-0.39, 0.29) is 12.0 Å². The maximum absolute atomic E-state index is 12.4. The summed E-state index contributed by atoms with van der Waals surface area (Å²) in [5, 5.41) is 5.89. The number of rotatable bonds is 6. The van der Waals surface area contributed by atoms with Gasteiger partial charge < -0.3 is 15.0 Å². The number of hydrogen-bond donors (Lipinski definition) is 1. The molecule has 1 N–H and O–H groups in total. The molecule has 2 aliphatic rings. The van der Waals surface area contributed by atoms with Crippen molar-refractivity contribution in [2.75, 3.05) is 45.9 Å². The summed E-state index contributed by atoms with van der Waals surface area (Å²) in [6.07, 6.45) is 2.53. The van der Waals surface area contributed by atoms with E-state index in [4.69, 9.17) is 4.74 Å². The average molecular weight is 367 g/mol. The van der Waals surface area contributed by atoms with Gasteiger partial charge in [-0.05, 0) is 29.2 Å². The topological polar surface area (TPSA) is 44.8 Å². The Kier molecular flexibility index (Phi) is 6.02. The van der Waals surface area contributed by atoms with Crippen molar-refractivity contribution in [1.29, 1.82) is 0 Å². The summed E-state index contributed by atoms with van der Waals surface area (Å²) in [7, 11) is 0. The highest BCUT2D eigenvalue weighted by atomic mass is 16.5. The predicted octanol–water partition coefficient (Wildman–Crippen LogP) is 2.25. The highest BCUT2D eigenvalue weighted by Crippen LogP contribution is 2.20. The van der Waals surface area contributed by atoms with E-state index in [9.17, 15) is 4.79 Å². The molecule has 5 heteroatoms. The molecule has 0 spiro atoms. The Morgan fingerprint density at radius 1 is 1.07 bits per heavy atom. The van der Waals surface area contributed by atoms with Gasteiger partial charge in [0.2, 0.25) is 5.91 Å². The quantitative estimate of drug-likeness (QED) is 0.851. The van der Waals surface area contributed by atoms with Crippen LogP contribution in [-0.2, 0) is 16.1 Å². The van der Waals surface area contributed by atoms with Crippen LogP contribution in [0.15, 0.2) is 42.5 Å². The summed E-state index contributed by atoms with van der Waals surface area (Å²) in [6.45, 7) is 6.49. The molecule has 2 saturated heterocycles. The molecule has 0 aliphatic carbocycles. The van der Waals surface area contributed by atoms with Crippen LogP contribution in [0.2, 0.25) is 0 Å². The molecule has 2 fully saturated rings. The SMILES string of the molecule is O=C(CNCC1CCCO1)N1CCN(Cc2cccc3ccccc23)CC1. The van der Waals surface area contributed by atoms with Gasteiger partial charge in [0.05, 0.1) is 12.6 Å². The third-order valence-corrected chi connectivity index (χ3v) is 5.67. The molecule has 27 heavy (non-hydrogen) atoms. The second kappa shape index (κ2) is 8.83. The predicted molar refractivity (Wildman–Crippen MR) is 108 cm³/mol. The number of carbonyl (C=O) groups is 1. The van der Waals surface area contributed by atoms with E-state index in [0.717, 1.165) is 58.7 Å². The van der Waals surface area contributed by atoms with Gasteiger partial charge in [0, 0.05) is 45.9 Å². The molecular weight excluding hydrogens is 338 g/mol. The van der Waals surface area contributed by atoms with Gasteiger partial charge in [-0.25, -0.2) is 0 Å². The molecular formula is C22H29N3O2. The second-order valence-corrected chi connectivity index (χ2v) is 7.56. The Balaban J connectivity index is 1.24. The molecule has 4 rings (SSSR count). The fourth-order valence-electron chi connectivity index (χ4n) is 4.08. The molecule has 2 aromatic rings. The van der Waals surface area contributed by atoms with Gasteiger partial charge in [-0.1, -0.05) is 42.5 Å². The Bertz CT molecular complexity index is 760. The number of benzene rings is 2. The zero-order chi connectivity index (χ0) is 18.5. The molecule has 0 radical (unpaired) electrons. The van der Waals surface area contributed by atoms with Crippen molar-refractivity contribution in [2.45, 2.75) is 25.5 Å². The van der Waals surface area contributed by atoms with Crippen LogP contribution in [-0.4, -0.2) is 67.7 Å². The summed E-state index contributed by atoms with van der Waals surface area (Å²) in [5.41, 5.74) is 1.37. The van der Waals surface area contributed by atoms with Crippen LogP contribution in [0, 0.1) is 0 Å². The first kappa shape index (κ1) is 18.4. The summed E-state index contributed by atoms with van der Waals surface area (Å²) >= 11 is 0. The van der Waals surface area contributed by atoms with E-state index in [0.29, 0.717) is 6.54 Å². The molecule has 2 aromatic carbocycles. The monoisotopic (exact) mass is 367 g/mol. The Hall–Kier alpha value is -1.95. The fraction of sp³-hybridized carbons (Fsp3) is 0.500. The van der Waals surface area contributed by atoms with Gasteiger partial charge in [-0.2, -0.15) is 0 Å². The summed E-state index contributed by atoms with van der Waals surface area (Å²) in [4.78, 5) is 16.9. The molecule has 5 nitrogen and oxygen atoms in total. The van der Waals surface area contributed by atoms with Crippen LogP contribution >= 0.6 is 0 Å². The van der Waals surface area contributed by atoms with Gasteiger partial charge in [0.25, 0.3) is 0 Å². The first-order valence-corrected chi connectivity index (χ1v) is 10.1. The minimum absolute atomic E-state index is 0.206. The number of amides is 1. The van der Waals surface area contributed by atoms with Crippen molar-refractivity contribution in [3.05, 3.63) is 48.0 Å². The van der Waals surface area contributed by atoms with Gasteiger partial charge in [-0.3, -0.25) is 9.69 Å². The van der Waals surface area contributed by atoms with Crippen molar-refractivity contribution in [3.63, 3.8) is 0 Å². The van der Waals surface area contributed by atoms with E-state index in [1.165, 1.54) is 16.3 Å². The standard InChI is InChI=1S/C22H29N3O2/c26-22(16-23-15-20-8-4-14-27-20)25-12-10-24(11-13-25)17-19-7-3-6-18-5-1-2-9-21(18)19/h1-3,5-7,9,20,23H,4,8,10-17H2. The Morgan fingerprint density at radius 3 is 2.70 bits per heavy atom. The number of nitrogens with zero attached hydrogens (tertiary/aromatic N) is 2. The first-order valence-electron chi connectivity index (χ1n) is 10.1. The van der Waals surface area contributed by atoms with E-state index < -0.39 is 0 Å². The maximum Gasteiger partial charge on any atom is 0.236 e. The highest BCUT2D eigenvalue weighted by molar-refractivity contribution is 5.85. The van der Waals surface area contributed by atoms with Crippen LogP contribution in [0.1, 0.15) is 18.4 Å². The molecule has 0 bridgehead atoms. The van der Waals surface area contributed by atoms with Crippen molar-refractivity contribution in [3.8, 4) is 0 Å². The number of piperazine rings is 1. The lowest BCUT2D eigenvalue weighted by atomic mass is 10.0. The van der Waals surface area contributed by atoms with E-state index in [1.807, 2.05) is 4.90 Å². The van der Waals surface area contributed by atoms with Gasteiger partial charge in [0.1, 0.15) is 0 Å². The number of ether oxygens (including phenoxy) is 1. The molecule has 144 valence electrons. The van der Waals surface area contributed by atoms with E-state index in [1.54, 1.807) is 0 Å². The van der Waals surface area contributed by atoms with E-state index >= 15 is 0 Å².